The SMILES string of the molecule is CN=C(NCCc1cccc(C(=O)N(C)C)c1)NCc1cc(Cl)c2c(c1)OCCO2. The Hall–Kier alpha value is -2.93. The quantitative estimate of drug-likeness (QED) is 0.544. The maximum absolute atomic E-state index is 12.1. The molecule has 1 aliphatic rings. The summed E-state index contributed by atoms with van der Waals surface area (Å²) in [6, 6.07) is 11.5. The highest BCUT2D eigenvalue weighted by Crippen LogP contribution is 2.38. The van der Waals surface area contributed by atoms with Crippen LogP contribution in [0.1, 0.15) is 21.5 Å². The number of halogens is 1. The molecule has 0 bridgehead atoms. The Balaban J connectivity index is 1.52. The average molecular weight is 431 g/mol. The van der Waals surface area contributed by atoms with E-state index in [1.165, 1.54) is 0 Å². The largest absolute Gasteiger partial charge is 0.486 e. The number of rotatable bonds is 6. The maximum Gasteiger partial charge on any atom is 0.253 e. The first-order valence-electron chi connectivity index (χ1n) is 9.81. The number of hydrogen-bond donors (Lipinski definition) is 2. The Morgan fingerprint density at radius 3 is 2.70 bits per heavy atom. The first-order chi connectivity index (χ1) is 14.5. The van der Waals surface area contributed by atoms with E-state index in [4.69, 9.17) is 21.1 Å². The van der Waals surface area contributed by atoms with Gasteiger partial charge in [0.1, 0.15) is 13.2 Å². The zero-order valence-corrected chi connectivity index (χ0v) is 18.3. The van der Waals surface area contributed by atoms with E-state index in [0.29, 0.717) is 54.3 Å². The van der Waals surface area contributed by atoms with Gasteiger partial charge in [0, 0.05) is 39.8 Å². The number of fused-ring (bicyclic) bond motifs is 1. The van der Waals surface area contributed by atoms with Crippen LogP contribution in [0, 0.1) is 0 Å². The number of aliphatic imine (C=N–C) groups is 1. The summed E-state index contributed by atoms with van der Waals surface area (Å²) in [5.74, 6) is 1.95. The zero-order chi connectivity index (χ0) is 21.5. The fourth-order valence-corrected chi connectivity index (χ4v) is 3.40. The number of guanidine groups is 1. The van der Waals surface area contributed by atoms with Crippen LogP contribution in [0.3, 0.4) is 0 Å². The molecule has 0 aromatic heterocycles. The molecule has 2 N–H and O–H groups in total. The first kappa shape index (κ1) is 21.8. The van der Waals surface area contributed by atoms with Crippen molar-refractivity contribution in [3.63, 3.8) is 0 Å². The van der Waals surface area contributed by atoms with Crippen molar-refractivity contribution in [2.45, 2.75) is 13.0 Å². The number of nitrogens with zero attached hydrogens (tertiary/aromatic N) is 2. The van der Waals surface area contributed by atoms with E-state index in [1.54, 1.807) is 26.0 Å². The highest BCUT2D eigenvalue weighted by atomic mass is 35.5. The molecule has 1 amide bonds. The fraction of sp³-hybridized carbons (Fsp3) is 0.364. The monoisotopic (exact) mass is 430 g/mol. The van der Waals surface area contributed by atoms with Crippen molar-refractivity contribution in [3.05, 3.63) is 58.1 Å². The van der Waals surface area contributed by atoms with E-state index in [0.717, 1.165) is 17.5 Å². The molecule has 0 saturated carbocycles. The Morgan fingerprint density at radius 2 is 1.93 bits per heavy atom. The predicted molar refractivity (Wildman–Crippen MR) is 119 cm³/mol. The Morgan fingerprint density at radius 1 is 1.13 bits per heavy atom. The predicted octanol–water partition coefficient (Wildman–Crippen LogP) is 2.72. The number of amides is 1. The van der Waals surface area contributed by atoms with Gasteiger partial charge in [-0.3, -0.25) is 9.79 Å². The molecule has 8 heteroatoms. The fourth-order valence-electron chi connectivity index (χ4n) is 3.12. The summed E-state index contributed by atoms with van der Waals surface area (Å²) < 4.78 is 11.2. The van der Waals surface area contributed by atoms with E-state index >= 15 is 0 Å². The molecule has 1 heterocycles. The molecule has 2 aromatic carbocycles. The Bertz CT molecular complexity index is 931. The average Bonchev–Trinajstić information content (AvgIpc) is 2.75. The number of carbonyl (C=O) groups excluding carboxylic acids is 1. The van der Waals surface area contributed by atoms with Crippen molar-refractivity contribution in [2.75, 3.05) is 40.9 Å². The third-order valence-electron chi connectivity index (χ3n) is 4.63. The summed E-state index contributed by atoms with van der Waals surface area (Å²) >= 11 is 6.30. The molecule has 30 heavy (non-hydrogen) atoms. The highest BCUT2D eigenvalue weighted by molar-refractivity contribution is 6.32. The van der Waals surface area contributed by atoms with Gasteiger partial charge in [0.25, 0.3) is 5.91 Å². The van der Waals surface area contributed by atoms with Crippen LogP contribution >= 0.6 is 11.6 Å². The van der Waals surface area contributed by atoms with Crippen molar-refractivity contribution in [3.8, 4) is 11.5 Å². The summed E-state index contributed by atoms with van der Waals surface area (Å²) in [6.45, 7) is 2.25. The first-order valence-corrected chi connectivity index (χ1v) is 10.2. The normalized spacial score (nSPS) is 13.0. The van der Waals surface area contributed by atoms with Crippen LogP contribution in [0.4, 0.5) is 0 Å². The van der Waals surface area contributed by atoms with Crippen LogP contribution < -0.4 is 20.1 Å². The van der Waals surface area contributed by atoms with Crippen molar-refractivity contribution in [1.29, 1.82) is 0 Å². The van der Waals surface area contributed by atoms with Crippen molar-refractivity contribution >= 4 is 23.5 Å². The van der Waals surface area contributed by atoms with Gasteiger partial charge in [0.2, 0.25) is 0 Å². The molecule has 0 spiro atoms. The van der Waals surface area contributed by atoms with Crippen LogP contribution in [0.2, 0.25) is 5.02 Å². The molecule has 2 aromatic rings. The van der Waals surface area contributed by atoms with Crippen LogP contribution in [-0.4, -0.2) is 57.7 Å². The van der Waals surface area contributed by atoms with E-state index in [-0.39, 0.29) is 5.91 Å². The molecular formula is C22H27ClN4O3. The lowest BCUT2D eigenvalue weighted by Crippen LogP contribution is -2.37. The summed E-state index contributed by atoms with van der Waals surface area (Å²) in [6.07, 6.45) is 0.769. The molecule has 7 nitrogen and oxygen atoms in total. The molecule has 0 unspecified atom stereocenters. The van der Waals surface area contributed by atoms with Crippen LogP contribution in [0.5, 0.6) is 11.5 Å². The van der Waals surface area contributed by atoms with E-state index < -0.39 is 0 Å². The highest BCUT2D eigenvalue weighted by Gasteiger charge is 2.16. The molecule has 3 rings (SSSR count). The van der Waals surface area contributed by atoms with Crippen LogP contribution in [0.25, 0.3) is 0 Å². The number of carbonyl (C=O) groups is 1. The van der Waals surface area contributed by atoms with Crippen LogP contribution in [-0.2, 0) is 13.0 Å². The van der Waals surface area contributed by atoms with Crippen molar-refractivity contribution < 1.29 is 14.3 Å². The maximum atomic E-state index is 12.1. The second-order valence-electron chi connectivity index (χ2n) is 7.10. The third kappa shape index (κ3) is 5.57. The summed E-state index contributed by atoms with van der Waals surface area (Å²) in [5.41, 5.74) is 2.75. The van der Waals surface area contributed by atoms with Gasteiger partial charge in [-0.2, -0.15) is 0 Å². The second-order valence-corrected chi connectivity index (χ2v) is 7.51. The minimum absolute atomic E-state index is 0.000348. The van der Waals surface area contributed by atoms with E-state index in [9.17, 15) is 4.79 Å². The number of hydrogen-bond acceptors (Lipinski definition) is 4. The Kier molecular flexibility index (Phi) is 7.41. The third-order valence-corrected chi connectivity index (χ3v) is 4.91. The molecule has 0 saturated heterocycles. The van der Waals surface area contributed by atoms with Gasteiger partial charge in [0.15, 0.2) is 17.5 Å². The summed E-state index contributed by atoms with van der Waals surface area (Å²) in [4.78, 5) is 17.9. The lowest BCUT2D eigenvalue weighted by molar-refractivity contribution is 0.0827. The standard InChI is InChI=1S/C22H27ClN4O3/c1-24-22(25-8-7-15-5-4-6-17(11-15)21(28)27(2)3)26-14-16-12-18(23)20-19(13-16)29-9-10-30-20/h4-6,11-13H,7-10,14H2,1-3H3,(H2,24,25,26). The lowest BCUT2D eigenvalue weighted by Gasteiger charge is -2.20. The molecular weight excluding hydrogens is 404 g/mol. The lowest BCUT2D eigenvalue weighted by atomic mass is 10.1. The van der Waals surface area contributed by atoms with Gasteiger partial charge in [-0.05, 0) is 41.8 Å². The summed E-state index contributed by atoms with van der Waals surface area (Å²) in [7, 11) is 5.23. The molecule has 0 atom stereocenters. The van der Waals surface area contributed by atoms with Gasteiger partial charge >= 0.3 is 0 Å². The van der Waals surface area contributed by atoms with Crippen molar-refractivity contribution in [2.24, 2.45) is 4.99 Å². The van der Waals surface area contributed by atoms with Gasteiger partial charge in [-0.15, -0.1) is 0 Å². The number of nitrogens with one attached hydrogen (secondary N) is 2. The Labute approximate surface area is 182 Å². The number of benzene rings is 2. The molecule has 160 valence electrons. The van der Waals surface area contributed by atoms with Gasteiger partial charge in [0.05, 0.1) is 5.02 Å². The van der Waals surface area contributed by atoms with Gasteiger partial charge < -0.3 is 25.0 Å². The minimum atomic E-state index is 0.000348. The molecule has 1 aliphatic heterocycles. The molecule has 0 radical (unpaired) electrons. The van der Waals surface area contributed by atoms with E-state index in [2.05, 4.69) is 15.6 Å². The van der Waals surface area contributed by atoms with Crippen LogP contribution in [0.15, 0.2) is 41.4 Å². The summed E-state index contributed by atoms with van der Waals surface area (Å²) in [5, 5.41) is 7.11. The number of ether oxygens (including phenoxy) is 2. The zero-order valence-electron chi connectivity index (χ0n) is 17.5. The second kappa shape index (κ2) is 10.2. The topological polar surface area (TPSA) is 75.2 Å². The van der Waals surface area contributed by atoms with E-state index in [1.807, 2.05) is 36.4 Å². The smallest absolute Gasteiger partial charge is 0.253 e. The minimum Gasteiger partial charge on any atom is -0.486 e. The van der Waals surface area contributed by atoms with Gasteiger partial charge in [-0.1, -0.05) is 23.7 Å². The molecule has 0 fully saturated rings. The van der Waals surface area contributed by atoms with Crippen molar-refractivity contribution in [1.82, 2.24) is 15.5 Å². The van der Waals surface area contributed by atoms with Gasteiger partial charge in [-0.25, -0.2) is 0 Å². The molecule has 0 aliphatic carbocycles.